The Balaban J connectivity index is 3.11. The van der Waals surface area contributed by atoms with Crippen molar-refractivity contribution >= 4 is 9.76 Å². The van der Waals surface area contributed by atoms with E-state index >= 15 is 0 Å². The van der Waals surface area contributed by atoms with Crippen LogP contribution < -0.4 is 5.73 Å². The SMILES string of the molecule is C[Si]OCC(C)(C)N. The topological polar surface area (TPSA) is 35.2 Å². The lowest BCUT2D eigenvalue weighted by atomic mass is 10.1. The van der Waals surface area contributed by atoms with Crippen molar-refractivity contribution in [1.82, 2.24) is 0 Å². The van der Waals surface area contributed by atoms with Crippen molar-refractivity contribution < 1.29 is 4.43 Å². The lowest BCUT2D eigenvalue weighted by Crippen LogP contribution is -2.37. The van der Waals surface area contributed by atoms with Crippen molar-refractivity contribution in [3.05, 3.63) is 0 Å². The molecule has 0 aliphatic carbocycles. The molecule has 0 fully saturated rings. The van der Waals surface area contributed by atoms with Gasteiger partial charge in [0.25, 0.3) is 0 Å². The van der Waals surface area contributed by atoms with Crippen molar-refractivity contribution in [1.29, 1.82) is 0 Å². The summed E-state index contributed by atoms with van der Waals surface area (Å²) in [7, 11) is 0.551. The molecule has 0 amide bonds. The minimum atomic E-state index is -0.164. The second-order valence-corrected chi connectivity index (χ2v) is 3.18. The van der Waals surface area contributed by atoms with E-state index in [1.54, 1.807) is 0 Å². The van der Waals surface area contributed by atoms with Gasteiger partial charge in [0.05, 0.1) is 6.61 Å². The Morgan fingerprint density at radius 1 is 1.62 bits per heavy atom. The van der Waals surface area contributed by atoms with Crippen LogP contribution in [0.15, 0.2) is 0 Å². The van der Waals surface area contributed by atoms with Crippen LogP contribution in [-0.4, -0.2) is 21.9 Å². The van der Waals surface area contributed by atoms with Crippen LogP contribution in [-0.2, 0) is 4.43 Å². The normalized spacial score (nSPS) is 12.0. The summed E-state index contributed by atoms with van der Waals surface area (Å²) in [4.78, 5) is 0. The zero-order valence-electron chi connectivity index (χ0n) is 5.69. The Hall–Kier alpha value is 0.137. The molecule has 0 spiro atoms. The van der Waals surface area contributed by atoms with Gasteiger partial charge in [-0.1, -0.05) is 0 Å². The lowest BCUT2D eigenvalue weighted by molar-refractivity contribution is 0.256. The summed E-state index contributed by atoms with van der Waals surface area (Å²) >= 11 is 0. The molecule has 0 saturated carbocycles. The second kappa shape index (κ2) is 3.22. The average molecular weight is 131 g/mol. The maximum absolute atomic E-state index is 5.60. The van der Waals surface area contributed by atoms with Crippen molar-refractivity contribution in [3.63, 3.8) is 0 Å². The fourth-order valence-electron chi connectivity index (χ4n) is 0.258. The zero-order valence-corrected chi connectivity index (χ0v) is 6.69. The van der Waals surface area contributed by atoms with E-state index < -0.39 is 0 Å². The summed E-state index contributed by atoms with van der Waals surface area (Å²) in [6.07, 6.45) is 0. The maximum atomic E-state index is 5.60. The predicted molar refractivity (Wildman–Crippen MR) is 35.8 cm³/mol. The summed E-state index contributed by atoms with van der Waals surface area (Å²) < 4.78 is 5.10. The van der Waals surface area contributed by atoms with E-state index in [0.717, 1.165) is 0 Å². The molecule has 0 aromatic carbocycles. The van der Waals surface area contributed by atoms with Crippen molar-refractivity contribution in [3.8, 4) is 0 Å². The molecule has 0 aliphatic rings. The molecule has 48 valence electrons. The van der Waals surface area contributed by atoms with Crippen LogP contribution in [0, 0.1) is 0 Å². The molecule has 2 nitrogen and oxygen atoms in total. The summed E-state index contributed by atoms with van der Waals surface area (Å²) in [6, 6.07) is 0. The first-order valence-electron chi connectivity index (χ1n) is 2.64. The molecule has 0 aromatic heterocycles. The van der Waals surface area contributed by atoms with Gasteiger partial charge in [-0.3, -0.25) is 0 Å². The molecule has 0 rings (SSSR count). The highest BCUT2D eigenvalue weighted by atomic mass is 28.2. The van der Waals surface area contributed by atoms with E-state index in [0.29, 0.717) is 16.4 Å². The highest BCUT2D eigenvalue weighted by Gasteiger charge is 2.08. The van der Waals surface area contributed by atoms with Crippen LogP contribution in [0.4, 0.5) is 0 Å². The highest BCUT2D eigenvalue weighted by molar-refractivity contribution is 6.24. The first kappa shape index (κ1) is 8.14. The fraction of sp³-hybridized carbons (Fsp3) is 1.00. The van der Waals surface area contributed by atoms with Crippen molar-refractivity contribution in [2.24, 2.45) is 5.73 Å². The maximum Gasteiger partial charge on any atom is 0.226 e. The van der Waals surface area contributed by atoms with Gasteiger partial charge in [-0.2, -0.15) is 0 Å². The molecule has 0 bridgehead atoms. The molecule has 0 unspecified atom stereocenters. The van der Waals surface area contributed by atoms with Crippen molar-refractivity contribution in [2.45, 2.75) is 25.9 Å². The van der Waals surface area contributed by atoms with Gasteiger partial charge in [-0.15, -0.1) is 0 Å². The first-order chi connectivity index (χ1) is 3.56. The van der Waals surface area contributed by atoms with Gasteiger partial charge in [0.1, 0.15) is 0 Å². The first-order valence-corrected chi connectivity index (χ1v) is 4.04. The standard InChI is InChI=1S/C5H13NOSi/c1-5(2,6)4-7-8-3/h4,6H2,1-3H3. The molecular weight excluding hydrogens is 118 g/mol. The smallest absolute Gasteiger partial charge is 0.226 e. The summed E-state index contributed by atoms with van der Waals surface area (Å²) in [5, 5.41) is 0. The van der Waals surface area contributed by atoms with Crippen LogP contribution in [0.25, 0.3) is 0 Å². The third-order valence-corrected chi connectivity index (χ3v) is 1.02. The highest BCUT2D eigenvalue weighted by Crippen LogP contribution is 1.94. The minimum Gasteiger partial charge on any atom is -0.416 e. The summed E-state index contributed by atoms with van der Waals surface area (Å²) in [5.41, 5.74) is 5.44. The number of hydrogen-bond acceptors (Lipinski definition) is 2. The summed E-state index contributed by atoms with van der Waals surface area (Å²) in [5.74, 6) is 0. The lowest BCUT2D eigenvalue weighted by Gasteiger charge is -2.16. The van der Waals surface area contributed by atoms with Gasteiger partial charge >= 0.3 is 0 Å². The van der Waals surface area contributed by atoms with Crippen LogP contribution in [0.1, 0.15) is 13.8 Å². The van der Waals surface area contributed by atoms with Crippen LogP contribution in [0.5, 0.6) is 0 Å². The molecule has 0 atom stereocenters. The Bertz CT molecular complexity index is 59.9. The molecule has 0 aromatic rings. The molecule has 8 heavy (non-hydrogen) atoms. The third-order valence-electron chi connectivity index (χ3n) is 0.589. The summed E-state index contributed by atoms with van der Waals surface area (Å²) in [6.45, 7) is 6.55. The van der Waals surface area contributed by atoms with Crippen LogP contribution in [0.2, 0.25) is 6.55 Å². The Morgan fingerprint density at radius 3 is 2.25 bits per heavy atom. The largest absolute Gasteiger partial charge is 0.416 e. The van der Waals surface area contributed by atoms with E-state index in [1.807, 2.05) is 20.4 Å². The molecule has 3 heteroatoms. The minimum absolute atomic E-state index is 0.164. The Labute approximate surface area is 53.4 Å². The quantitative estimate of drug-likeness (QED) is 0.563. The van der Waals surface area contributed by atoms with E-state index in [4.69, 9.17) is 10.2 Å². The van der Waals surface area contributed by atoms with Crippen molar-refractivity contribution in [2.75, 3.05) is 6.61 Å². The van der Waals surface area contributed by atoms with Gasteiger partial charge in [-0.05, 0) is 20.4 Å². The number of hydrogen-bond donors (Lipinski definition) is 1. The van der Waals surface area contributed by atoms with Gasteiger partial charge in [0, 0.05) is 5.54 Å². The van der Waals surface area contributed by atoms with Crippen LogP contribution in [0.3, 0.4) is 0 Å². The van der Waals surface area contributed by atoms with Gasteiger partial charge < -0.3 is 10.2 Å². The van der Waals surface area contributed by atoms with Gasteiger partial charge in [-0.25, -0.2) is 0 Å². The molecule has 0 saturated heterocycles. The molecule has 0 heterocycles. The second-order valence-electron chi connectivity index (χ2n) is 2.48. The monoisotopic (exact) mass is 131 g/mol. The zero-order chi connectivity index (χ0) is 6.62. The number of rotatable bonds is 3. The average Bonchev–Trinajstić information content (AvgIpc) is 1.59. The van der Waals surface area contributed by atoms with E-state index in [-0.39, 0.29) is 5.54 Å². The number of nitrogens with two attached hydrogens (primary N) is 1. The molecule has 2 radical (unpaired) electrons. The third kappa shape index (κ3) is 6.14. The van der Waals surface area contributed by atoms with E-state index in [1.165, 1.54) is 0 Å². The molecule has 2 N–H and O–H groups in total. The molecular formula is C5H13NOSi. The van der Waals surface area contributed by atoms with Gasteiger partial charge in [0.2, 0.25) is 9.76 Å². The fourth-order valence-corrected chi connectivity index (χ4v) is 0.775. The van der Waals surface area contributed by atoms with Gasteiger partial charge in [0.15, 0.2) is 0 Å². The van der Waals surface area contributed by atoms with E-state index in [9.17, 15) is 0 Å². The van der Waals surface area contributed by atoms with Crippen LogP contribution >= 0.6 is 0 Å². The van der Waals surface area contributed by atoms with E-state index in [2.05, 4.69) is 0 Å². The Morgan fingerprint density at radius 2 is 2.12 bits per heavy atom. The predicted octanol–water partition coefficient (Wildman–Crippen LogP) is 0.408. The Kier molecular flexibility index (Phi) is 3.27. The molecule has 0 aliphatic heterocycles.